The van der Waals surface area contributed by atoms with Crippen LogP contribution in [0.15, 0.2) is 51.8 Å². The van der Waals surface area contributed by atoms with E-state index < -0.39 is 16.0 Å². The number of nitrogens with two attached hydrogens (primary N) is 1. The standard InChI is InChI=1S/C15H14BrNO5S/c1-21-14-7-6-11(23(17,19)20)8-12(14)15(18)22-9-10-4-2-3-5-13(10)16/h2-8H,9H2,1H3,(H2,17,19,20). The van der Waals surface area contributed by atoms with Gasteiger partial charge in [0.15, 0.2) is 0 Å². The van der Waals surface area contributed by atoms with Gasteiger partial charge in [-0.25, -0.2) is 18.4 Å². The number of hydrogen-bond acceptors (Lipinski definition) is 5. The van der Waals surface area contributed by atoms with Crippen LogP contribution in [0.3, 0.4) is 0 Å². The Balaban J connectivity index is 2.26. The lowest BCUT2D eigenvalue weighted by atomic mass is 10.2. The molecule has 0 aromatic heterocycles. The minimum absolute atomic E-state index is 0.00826. The average molecular weight is 400 g/mol. The summed E-state index contributed by atoms with van der Waals surface area (Å²) in [6, 6.07) is 11.0. The fraction of sp³-hybridized carbons (Fsp3) is 0.133. The van der Waals surface area contributed by atoms with Gasteiger partial charge in [0.1, 0.15) is 17.9 Å². The van der Waals surface area contributed by atoms with Crippen molar-refractivity contribution in [2.75, 3.05) is 7.11 Å². The molecule has 0 unspecified atom stereocenters. The van der Waals surface area contributed by atoms with Crippen LogP contribution >= 0.6 is 15.9 Å². The minimum atomic E-state index is -3.93. The second-order valence-corrected chi connectivity index (χ2v) is 6.99. The molecule has 0 aliphatic heterocycles. The van der Waals surface area contributed by atoms with Crippen LogP contribution in [-0.4, -0.2) is 21.5 Å². The maximum atomic E-state index is 12.2. The summed E-state index contributed by atoms with van der Waals surface area (Å²) >= 11 is 3.36. The van der Waals surface area contributed by atoms with Gasteiger partial charge in [0, 0.05) is 10.0 Å². The number of benzene rings is 2. The first kappa shape index (κ1) is 17.5. The molecule has 0 fully saturated rings. The summed E-state index contributed by atoms with van der Waals surface area (Å²) < 4.78 is 33.9. The first-order valence-electron chi connectivity index (χ1n) is 6.44. The third kappa shape index (κ3) is 4.31. The molecule has 0 aliphatic rings. The Morgan fingerprint density at radius 1 is 1.22 bits per heavy atom. The van der Waals surface area contributed by atoms with Gasteiger partial charge in [0.05, 0.1) is 12.0 Å². The predicted molar refractivity (Wildman–Crippen MR) is 87.6 cm³/mol. The van der Waals surface area contributed by atoms with Crippen molar-refractivity contribution in [2.24, 2.45) is 5.14 Å². The van der Waals surface area contributed by atoms with Gasteiger partial charge in [-0.2, -0.15) is 0 Å². The van der Waals surface area contributed by atoms with Crippen molar-refractivity contribution in [2.45, 2.75) is 11.5 Å². The van der Waals surface area contributed by atoms with E-state index >= 15 is 0 Å². The van der Waals surface area contributed by atoms with Gasteiger partial charge >= 0.3 is 5.97 Å². The molecule has 0 aliphatic carbocycles. The molecule has 0 amide bonds. The summed E-state index contributed by atoms with van der Waals surface area (Å²) in [5.41, 5.74) is 0.772. The summed E-state index contributed by atoms with van der Waals surface area (Å²) in [5, 5.41) is 5.08. The molecule has 2 rings (SSSR count). The molecule has 2 aromatic rings. The van der Waals surface area contributed by atoms with E-state index in [-0.39, 0.29) is 22.8 Å². The first-order valence-corrected chi connectivity index (χ1v) is 8.78. The molecule has 0 radical (unpaired) electrons. The van der Waals surface area contributed by atoms with E-state index in [9.17, 15) is 13.2 Å². The Labute approximate surface area is 142 Å². The summed E-state index contributed by atoms with van der Waals surface area (Å²) in [6.07, 6.45) is 0. The lowest BCUT2D eigenvalue weighted by molar-refractivity contribution is 0.0468. The SMILES string of the molecule is COc1ccc(S(N)(=O)=O)cc1C(=O)OCc1ccccc1Br. The monoisotopic (exact) mass is 399 g/mol. The zero-order chi connectivity index (χ0) is 17.0. The molecule has 6 nitrogen and oxygen atoms in total. The number of carbonyl (C=O) groups is 1. The van der Waals surface area contributed by atoms with Gasteiger partial charge < -0.3 is 9.47 Å². The maximum absolute atomic E-state index is 12.2. The van der Waals surface area contributed by atoms with E-state index in [1.165, 1.54) is 19.2 Å². The number of hydrogen-bond donors (Lipinski definition) is 1. The highest BCUT2D eigenvalue weighted by Gasteiger charge is 2.18. The van der Waals surface area contributed by atoms with Gasteiger partial charge in [-0.3, -0.25) is 0 Å². The van der Waals surface area contributed by atoms with Crippen LogP contribution < -0.4 is 9.88 Å². The molecule has 122 valence electrons. The predicted octanol–water partition coefficient (Wildman–Crippen LogP) is 2.46. The Bertz CT molecular complexity index is 836. The molecule has 0 bridgehead atoms. The van der Waals surface area contributed by atoms with E-state index in [0.29, 0.717) is 0 Å². The highest BCUT2D eigenvalue weighted by atomic mass is 79.9. The largest absolute Gasteiger partial charge is 0.496 e. The van der Waals surface area contributed by atoms with Gasteiger partial charge in [-0.05, 0) is 24.3 Å². The topological polar surface area (TPSA) is 95.7 Å². The average Bonchev–Trinajstić information content (AvgIpc) is 2.52. The molecule has 23 heavy (non-hydrogen) atoms. The minimum Gasteiger partial charge on any atom is -0.496 e. The number of ether oxygens (including phenoxy) is 2. The van der Waals surface area contributed by atoms with Crippen molar-refractivity contribution in [3.8, 4) is 5.75 Å². The number of carbonyl (C=O) groups excluding carboxylic acids is 1. The van der Waals surface area contributed by atoms with Crippen molar-refractivity contribution >= 4 is 31.9 Å². The van der Waals surface area contributed by atoms with E-state index in [4.69, 9.17) is 14.6 Å². The Hall–Kier alpha value is -1.90. The lowest BCUT2D eigenvalue weighted by Gasteiger charge is -2.11. The zero-order valence-corrected chi connectivity index (χ0v) is 14.6. The van der Waals surface area contributed by atoms with Crippen molar-refractivity contribution in [3.63, 3.8) is 0 Å². The number of rotatable bonds is 5. The van der Waals surface area contributed by atoms with Crippen molar-refractivity contribution in [3.05, 3.63) is 58.1 Å². The van der Waals surface area contributed by atoms with Crippen LogP contribution in [0.25, 0.3) is 0 Å². The zero-order valence-electron chi connectivity index (χ0n) is 12.2. The molecule has 0 atom stereocenters. The number of esters is 1. The van der Waals surface area contributed by atoms with Gasteiger partial charge in [0.25, 0.3) is 0 Å². The second kappa shape index (κ2) is 7.12. The molecule has 8 heteroatoms. The van der Waals surface area contributed by atoms with Crippen LogP contribution in [0.4, 0.5) is 0 Å². The molecule has 0 saturated carbocycles. The highest BCUT2D eigenvalue weighted by molar-refractivity contribution is 9.10. The molecular formula is C15H14BrNO5S. The molecule has 0 heterocycles. The Morgan fingerprint density at radius 2 is 1.91 bits per heavy atom. The summed E-state index contributed by atoms with van der Waals surface area (Å²) in [6.45, 7) is 0.0308. The van der Waals surface area contributed by atoms with Gasteiger partial charge in [-0.15, -0.1) is 0 Å². The summed E-state index contributed by atoms with van der Waals surface area (Å²) in [5.74, 6) is -0.502. The van der Waals surface area contributed by atoms with E-state index in [0.717, 1.165) is 16.1 Å². The molecule has 0 saturated heterocycles. The summed E-state index contributed by atoms with van der Waals surface area (Å²) in [4.78, 5) is 12.0. The van der Waals surface area contributed by atoms with E-state index in [1.54, 1.807) is 6.07 Å². The fourth-order valence-corrected chi connectivity index (χ4v) is 2.80. The van der Waals surface area contributed by atoms with E-state index in [1.807, 2.05) is 18.2 Å². The molecule has 0 spiro atoms. The molecule has 2 N–H and O–H groups in total. The number of methoxy groups -OCH3 is 1. The third-order valence-electron chi connectivity index (χ3n) is 3.04. The third-order valence-corrected chi connectivity index (χ3v) is 4.72. The second-order valence-electron chi connectivity index (χ2n) is 4.57. The first-order chi connectivity index (χ1) is 10.8. The molecular weight excluding hydrogens is 386 g/mol. The lowest BCUT2D eigenvalue weighted by Crippen LogP contribution is -2.14. The normalized spacial score (nSPS) is 11.1. The smallest absolute Gasteiger partial charge is 0.342 e. The number of sulfonamides is 1. The summed E-state index contributed by atoms with van der Waals surface area (Å²) in [7, 11) is -2.56. The van der Waals surface area contributed by atoms with Crippen molar-refractivity contribution in [1.82, 2.24) is 0 Å². The number of primary sulfonamides is 1. The molecule has 2 aromatic carbocycles. The van der Waals surface area contributed by atoms with Gasteiger partial charge in [0.2, 0.25) is 10.0 Å². The van der Waals surface area contributed by atoms with Crippen molar-refractivity contribution in [1.29, 1.82) is 0 Å². The van der Waals surface area contributed by atoms with Crippen LogP contribution in [0.2, 0.25) is 0 Å². The Kier molecular flexibility index (Phi) is 5.40. The van der Waals surface area contributed by atoms with Crippen molar-refractivity contribution < 1.29 is 22.7 Å². The van der Waals surface area contributed by atoms with Gasteiger partial charge in [-0.1, -0.05) is 34.1 Å². The van der Waals surface area contributed by atoms with E-state index in [2.05, 4.69) is 15.9 Å². The number of halogens is 1. The Morgan fingerprint density at radius 3 is 2.52 bits per heavy atom. The van der Waals surface area contributed by atoms with Crippen LogP contribution in [0.1, 0.15) is 15.9 Å². The maximum Gasteiger partial charge on any atom is 0.342 e. The fourth-order valence-electron chi connectivity index (χ4n) is 1.86. The van der Waals surface area contributed by atoms with Crippen LogP contribution in [-0.2, 0) is 21.4 Å². The quantitative estimate of drug-likeness (QED) is 0.778. The van der Waals surface area contributed by atoms with Crippen LogP contribution in [0, 0.1) is 0 Å². The highest BCUT2D eigenvalue weighted by Crippen LogP contribution is 2.24. The van der Waals surface area contributed by atoms with Crippen LogP contribution in [0.5, 0.6) is 5.75 Å².